The zero-order valence-electron chi connectivity index (χ0n) is 13.8. The molecule has 0 atom stereocenters. The molecule has 0 amide bonds. The molecule has 0 saturated carbocycles. The Morgan fingerprint density at radius 1 is 1.12 bits per heavy atom. The fourth-order valence-electron chi connectivity index (χ4n) is 2.82. The number of benzene rings is 1. The van der Waals surface area contributed by atoms with Crippen LogP contribution in [0.1, 0.15) is 30.4 Å². The number of sulfonamides is 1. The molecule has 0 radical (unpaired) electrons. The van der Waals surface area contributed by atoms with Crippen LogP contribution in [0, 0.1) is 6.92 Å². The van der Waals surface area contributed by atoms with E-state index >= 15 is 0 Å². The molecule has 4 nitrogen and oxygen atoms in total. The van der Waals surface area contributed by atoms with E-state index in [9.17, 15) is 8.42 Å². The molecule has 24 heavy (non-hydrogen) atoms. The van der Waals surface area contributed by atoms with E-state index in [0.717, 1.165) is 30.0 Å². The Balaban J connectivity index is 1.66. The maximum Gasteiger partial charge on any atom is 0.244 e. The normalized spacial score (nSPS) is 16.2. The van der Waals surface area contributed by atoms with Gasteiger partial charge >= 0.3 is 0 Å². The minimum Gasteiger partial charge on any atom is -0.249 e. The van der Waals surface area contributed by atoms with Crippen molar-refractivity contribution in [1.82, 2.24) is 9.29 Å². The summed E-state index contributed by atoms with van der Waals surface area (Å²) in [4.78, 5) is 4.63. The second-order valence-corrected chi connectivity index (χ2v) is 9.01. The van der Waals surface area contributed by atoms with Gasteiger partial charge in [-0.15, -0.1) is 11.8 Å². The lowest BCUT2D eigenvalue weighted by atomic mass is 10.2. The first-order valence-electron chi connectivity index (χ1n) is 8.20. The third kappa shape index (κ3) is 4.18. The number of hydrogen-bond donors (Lipinski definition) is 0. The number of nitrogens with zero attached hydrogens (tertiary/aromatic N) is 2. The minimum atomic E-state index is -3.39. The number of rotatable bonds is 5. The van der Waals surface area contributed by atoms with Crippen LogP contribution in [0.15, 0.2) is 52.5 Å². The zero-order chi connectivity index (χ0) is 17.0. The first-order chi connectivity index (χ1) is 11.6. The van der Waals surface area contributed by atoms with E-state index in [1.807, 2.05) is 6.07 Å². The van der Waals surface area contributed by atoms with Crippen LogP contribution < -0.4 is 0 Å². The van der Waals surface area contributed by atoms with E-state index in [1.54, 1.807) is 28.2 Å². The van der Waals surface area contributed by atoms with Gasteiger partial charge in [0.1, 0.15) is 4.90 Å². The maximum atomic E-state index is 12.6. The lowest BCUT2D eigenvalue weighted by molar-refractivity contribution is 0.346. The zero-order valence-corrected chi connectivity index (χ0v) is 15.4. The molecule has 0 N–H and O–H groups in total. The van der Waals surface area contributed by atoms with Crippen LogP contribution in [-0.4, -0.2) is 30.8 Å². The molecule has 1 saturated heterocycles. The van der Waals surface area contributed by atoms with Crippen molar-refractivity contribution in [2.24, 2.45) is 0 Å². The summed E-state index contributed by atoms with van der Waals surface area (Å²) in [6.45, 7) is 3.31. The van der Waals surface area contributed by atoms with E-state index in [4.69, 9.17) is 0 Å². The highest BCUT2D eigenvalue weighted by Gasteiger charge is 2.26. The molecule has 0 unspecified atom stereocenters. The Morgan fingerprint density at radius 3 is 2.58 bits per heavy atom. The number of piperidine rings is 1. The standard InChI is InChI=1S/C18H22N2O2S2/c1-15-6-5-7-16(12-15)14-23-18-9-8-17(13-19-18)24(21,22)20-10-3-2-4-11-20/h5-9,12-13H,2-4,10-11,14H2,1H3. The van der Waals surface area contributed by atoms with Crippen LogP contribution in [0.2, 0.25) is 0 Å². The molecule has 1 aromatic carbocycles. The quantitative estimate of drug-likeness (QED) is 0.758. The van der Waals surface area contributed by atoms with E-state index in [1.165, 1.54) is 17.3 Å². The first kappa shape index (κ1) is 17.5. The Bertz CT molecular complexity index is 783. The Kier molecular flexibility index (Phi) is 5.58. The lowest BCUT2D eigenvalue weighted by Crippen LogP contribution is -2.35. The predicted octanol–water partition coefficient (Wildman–Crippen LogP) is 3.86. The largest absolute Gasteiger partial charge is 0.249 e. The smallest absolute Gasteiger partial charge is 0.244 e. The molecule has 2 heterocycles. The van der Waals surface area contributed by atoms with Gasteiger partial charge in [-0.2, -0.15) is 4.31 Å². The molecule has 2 aromatic rings. The molecule has 0 spiro atoms. The number of aryl methyl sites for hydroxylation is 1. The van der Waals surface area contributed by atoms with Crippen LogP contribution in [0.4, 0.5) is 0 Å². The van der Waals surface area contributed by atoms with Crippen molar-refractivity contribution in [3.05, 3.63) is 53.7 Å². The van der Waals surface area contributed by atoms with Gasteiger partial charge in [0.2, 0.25) is 10.0 Å². The predicted molar refractivity (Wildman–Crippen MR) is 97.6 cm³/mol. The molecule has 128 valence electrons. The van der Waals surface area contributed by atoms with Crippen molar-refractivity contribution in [2.45, 2.75) is 41.9 Å². The van der Waals surface area contributed by atoms with Crippen molar-refractivity contribution in [3.63, 3.8) is 0 Å². The van der Waals surface area contributed by atoms with Gasteiger partial charge < -0.3 is 0 Å². The van der Waals surface area contributed by atoms with Crippen LogP contribution in [-0.2, 0) is 15.8 Å². The topological polar surface area (TPSA) is 50.3 Å². The third-order valence-corrected chi connectivity index (χ3v) is 7.03. The number of hydrogen-bond acceptors (Lipinski definition) is 4. The van der Waals surface area contributed by atoms with Crippen molar-refractivity contribution in [3.8, 4) is 0 Å². The van der Waals surface area contributed by atoms with Crippen LogP contribution in [0.3, 0.4) is 0 Å². The summed E-state index contributed by atoms with van der Waals surface area (Å²) in [7, 11) is -3.39. The Hall–Kier alpha value is -1.37. The highest BCUT2D eigenvalue weighted by atomic mass is 32.2. The van der Waals surface area contributed by atoms with Crippen molar-refractivity contribution in [2.75, 3.05) is 13.1 Å². The Labute approximate surface area is 148 Å². The first-order valence-corrected chi connectivity index (χ1v) is 10.6. The van der Waals surface area contributed by atoms with Gasteiger partial charge in [0.25, 0.3) is 0 Å². The monoisotopic (exact) mass is 362 g/mol. The Morgan fingerprint density at radius 2 is 1.92 bits per heavy atom. The molecular weight excluding hydrogens is 340 g/mol. The van der Waals surface area contributed by atoms with Crippen LogP contribution >= 0.6 is 11.8 Å². The number of aromatic nitrogens is 1. The van der Waals surface area contributed by atoms with E-state index in [2.05, 4.69) is 30.1 Å². The van der Waals surface area contributed by atoms with E-state index < -0.39 is 10.0 Å². The second kappa shape index (κ2) is 7.68. The van der Waals surface area contributed by atoms with Crippen molar-refractivity contribution >= 4 is 21.8 Å². The maximum absolute atomic E-state index is 12.6. The highest BCUT2D eigenvalue weighted by Crippen LogP contribution is 2.24. The van der Waals surface area contributed by atoms with Crippen LogP contribution in [0.5, 0.6) is 0 Å². The van der Waals surface area contributed by atoms with Gasteiger partial charge in [0.15, 0.2) is 0 Å². The van der Waals surface area contributed by atoms with Gasteiger partial charge in [-0.1, -0.05) is 36.2 Å². The molecule has 1 aliphatic rings. The fourth-order valence-corrected chi connectivity index (χ4v) is 5.07. The van der Waals surface area contributed by atoms with Crippen molar-refractivity contribution < 1.29 is 8.42 Å². The molecule has 0 bridgehead atoms. The van der Waals surface area contributed by atoms with Gasteiger partial charge in [-0.05, 0) is 37.5 Å². The molecule has 0 aliphatic carbocycles. The minimum absolute atomic E-state index is 0.296. The molecular formula is C18H22N2O2S2. The second-order valence-electron chi connectivity index (χ2n) is 6.07. The summed E-state index contributed by atoms with van der Waals surface area (Å²) < 4.78 is 26.8. The van der Waals surface area contributed by atoms with Crippen LogP contribution in [0.25, 0.3) is 0 Å². The van der Waals surface area contributed by atoms with Gasteiger partial charge in [0.05, 0.1) is 5.03 Å². The average Bonchev–Trinajstić information content (AvgIpc) is 2.61. The average molecular weight is 363 g/mol. The SMILES string of the molecule is Cc1cccc(CSc2ccc(S(=O)(=O)N3CCCCC3)cn2)c1. The van der Waals surface area contributed by atoms with E-state index in [0.29, 0.717) is 18.0 Å². The summed E-state index contributed by atoms with van der Waals surface area (Å²) >= 11 is 1.62. The third-order valence-electron chi connectivity index (χ3n) is 4.13. The molecule has 1 aliphatic heterocycles. The van der Waals surface area contributed by atoms with Gasteiger partial charge in [-0.3, -0.25) is 0 Å². The number of pyridine rings is 1. The molecule has 1 aromatic heterocycles. The van der Waals surface area contributed by atoms with Gasteiger partial charge in [-0.25, -0.2) is 13.4 Å². The van der Waals surface area contributed by atoms with Gasteiger partial charge in [0, 0.05) is 25.0 Å². The van der Waals surface area contributed by atoms with E-state index in [-0.39, 0.29) is 0 Å². The summed E-state index contributed by atoms with van der Waals surface area (Å²) in [5.74, 6) is 0.826. The molecule has 6 heteroatoms. The molecule has 3 rings (SSSR count). The van der Waals surface area contributed by atoms with Crippen molar-refractivity contribution in [1.29, 1.82) is 0 Å². The molecule has 1 fully saturated rings. The lowest BCUT2D eigenvalue weighted by Gasteiger charge is -2.25. The summed E-state index contributed by atoms with van der Waals surface area (Å²) in [6, 6.07) is 11.9. The number of thioether (sulfide) groups is 1. The summed E-state index contributed by atoms with van der Waals surface area (Å²) in [5.41, 5.74) is 2.48. The fraction of sp³-hybridized carbons (Fsp3) is 0.389. The summed E-state index contributed by atoms with van der Waals surface area (Å²) in [5, 5.41) is 0.842. The summed E-state index contributed by atoms with van der Waals surface area (Å²) in [6.07, 6.45) is 4.48. The highest BCUT2D eigenvalue weighted by molar-refractivity contribution is 7.98.